The summed E-state index contributed by atoms with van der Waals surface area (Å²) in [5.74, 6) is -0.747. The zero-order chi connectivity index (χ0) is 18.9. The molecule has 0 aromatic heterocycles. The first-order valence-corrected chi connectivity index (χ1v) is 8.65. The van der Waals surface area contributed by atoms with Gasteiger partial charge in [-0.1, -0.05) is 24.5 Å². The van der Waals surface area contributed by atoms with Gasteiger partial charge in [-0.15, -0.1) is 0 Å². The maximum atomic E-state index is 12.6. The number of nitro benzene ring substituents is 2. The topological polar surface area (TPSA) is 113 Å². The van der Waals surface area contributed by atoms with Crippen LogP contribution in [0, 0.1) is 25.6 Å². The molecule has 0 heterocycles. The molecule has 2 aliphatic carbocycles. The molecular formula is C18H20N2O6. The molecule has 0 bridgehead atoms. The van der Waals surface area contributed by atoms with Gasteiger partial charge in [-0.25, -0.2) is 4.79 Å². The predicted molar refractivity (Wildman–Crippen MR) is 92.8 cm³/mol. The Bertz CT molecular complexity index is 763. The number of carbonyl (C=O) groups excluding carboxylic acids is 1. The fourth-order valence-electron chi connectivity index (χ4n) is 4.20. The highest BCUT2D eigenvalue weighted by Crippen LogP contribution is 2.51. The van der Waals surface area contributed by atoms with Crippen molar-refractivity contribution >= 4 is 17.3 Å². The summed E-state index contributed by atoms with van der Waals surface area (Å²) in [4.78, 5) is 33.1. The van der Waals surface area contributed by atoms with Gasteiger partial charge in [0.15, 0.2) is 0 Å². The van der Waals surface area contributed by atoms with Gasteiger partial charge in [-0.05, 0) is 32.6 Å². The van der Waals surface area contributed by atoms with Crippen LogP contribution in [0.5, 0.6) is 0 Å². The van der Waals surface area contributed by atoms with Gasteiger partial charge in [0, 0.05) is 17.5 Å². The molecule has 138 valence electrons. The Hall–Kier alpha value is -2.77. The Balaban J connectivity index is 1.89. The maximum absolute atomic E-state index is 12.6. The number of benzene rings is 1. The second kappa shape index (κ2) is 6.86. The highest BCUT2D eigenvalue weighted by atomic mass is 16.6. The smallest absolute Gasteiger partial charge is 0.338 e. The quantitative estimate of drug-likeness (QED) is 0.342. The van der Waals surface area contributed by atoms with E-state index in [1.54, 1.807) is 0 Å². The van der Waals surface area contributed by atoms with Crippen molar-refractivity contribution in [2.45, 2.75) is 51.6 Å². The van der Waals surface area contributed by atoms with Crippen molar-refractivity contribution in [3.63, 3.8) is 0 Å². The molecule has 1 aromatic carbocycles. The molecule has 1 aromatic rings. The van der Waals surface area contributed by atoms with Crippen molar-refractivity contribution in [2.24, 2.45) is 5.41 Å². The maximum Gasteiger partial charge on any atom is 0.338 e. The number of rotatable bonds is 4. The van der Waals surface area contributed by atoms with Crippen molar-refractivity contribution in [2.75, 3.05) is 0 Å². The minimum Gasteiger partial charge on any atom is -0.458 e. The van der Waals surface area contributed by atoms with E-state index in [1.165, 1.54) is 5.57 Å². The lowest BCUT2D eigenvalue weighted by atomic mass is 9.69. The van der Waals surface area contributed by atoms with Crippen LogP contribution in [-0.2, 0) is 4.74 Å². The summed E-state index contributed by atoms with van der Waals surface area (Å²) in [5.41, 5.74) is -0.0983. The van der Waals surface area contributed by atoms with Crippen molar-refractivity contribution in [3.05, 3.63) is 55.6 Å². The zero-order valence-electron chi connectivity index (χ0n) is 14.5. The molecular weight excluding hydrogens is 340 g/mol. The third kappa shape index (κ3) is 3.18. The van der Waals surface area contributed by atoms with E-state index < -0.39 is 27.2 Å². The van der Waals surface area contributed by atoms with Gasteiger partial charge in [0.1, 0.15) is 6.10 Å². The number of ether oxygens (including phenoxy) is 1. The second-order valence-electron chi connectivity index (χ2n) is 6.97. The van der Waals surface area contributed by atoms with Crippen molar-refractivity contribution < 1.29 is 19.4 Å². The van der Waals surface area contributed by atoms with Crippen LogP contribution >= 0.6 is 0 Å². The number of allylic oxidation sites excluding steroid dienone is 1. The fourth-order valence-corrected chi connectivity index (χ4v) is 4.20. The van der Waals surface area contributed by atoms with E-state index in [-0.39, 0.29) is 17.1 Å². The molecule has 0 radical (unpaired) electrons. The fraction of sp³-hybridized carbons (Fsp3) is 0.500. The summed E-state index contributed by atoms with van der Waals surface area (Å²) in [6.45, 7) is 2.06. The number of nitrogens with zero attached hydrogens (tertiary/aromatic N) is 2. The summed E-state index contributed by atoms with van der Waals surface area (Å²) in [6, 6.07) is 2.90. The van der Waals surface area contributed by atoms with Crippen LogP contribution in [0.3, 0.4) is 0 Å². The number of hydrogen-bond donors (Lipinski definition) is 0. The summed E-state index contributed by atoms with van der Waals surface area (Å²) in [7, 11) is 0. The first-order valence-electron chi connectivity index (χ1n) is 8.65. The van der Waals surface area contributed by atoms with Gasteiger partial charge in [0.05, 0.1) is 21.5 Å². The van der Waals surface area contributed by atoms with E-state index in [0.29, 0.717) is 6.42 Å². The average molecular weight is 360 g/mol. The molecule has 0 amide bonds. The number of non-ortho nitro benzene ring substituents is 2. The van der Waals surface area contributed by atoms with Gasteiger partial charge in [0.25, 0.3) is 11.4 Å². The Morgan fingerprint density at radius 3 is 2.23 bits per heavy atom. The number of hydrogen-bond acceptors (Lipinski definition) is 6. The molecule has 0 aliphatic heterocycles. The van der Waals surface area contributed by atoms with Crippen molar-refractivity contribution in [1.82, 2.24) is 0 Å². The van der Waals surface area contributed by atoms with Gasteiger partial charge in [-0.2, -0.15) is 0 Å². The summed E-state index contributed by atoms with van der Waals surface area (Å²) >= 11 is 0. The van der Waals surface area contributed by atoms with Crippen LogP contribution in [0.2, 0.25) is 0 Å². The van der Waals surface area contributed by atoms with Crippen molar-refractivity contribution in [1.29, 1.82) is 0 Å². The molecule has 3 rings (SSSR count). The van der Waals surface area contributed by atoms with Crippen molar-refractivity contribution in [3.8, 4) is 0 Å². The van der Waals surface area contributed by atoms with Gasteiger partial charge in [0.2, 0.25) is 0 Å². The van der Waals surface area contributed by atoms with Crippen LogP contribution in [0.25, 0.3) is 0 Å². The molecule has 8 nitrogen and oxygen atoms in total. The minimum atomic E-state index is -0.754. The van der Waals surface area contributed by atoms with Crippen LogP contribution in [0.15, 0.2) is 29.8 Å². The van der Waals surface area contributed by atoms with E-state index in [1.807, 2.05) is 0 Å². The Labute approximate surface area is 150 Å². The van der Waals surface area contributed by atoms with Crippen LogP contribution in [0.1, 0.15) is 55.8 Å². The third-order valence-electron chi connectivity index (χ3n) is 5.59. The largest absolute Gasteiger partial charge is 0.458 e. The third-order valence-corrected chi connectivity index (χ3v) is 5.59. The second-order valence-corrected chi connectivity index (χ2v) is 6.97. The molecule has 1 unspecified atom stereocenters. The van der Waals surface area contributed by atoms with E-state index in [4.69, 9.17) is 4.74 Å². The highest BCUT2D eigenvalue weighted by molar-refractivity contribution is 5.91. The molecule has 1 atom stereocenters. The summed E-state index contributed by atoms with van der Waals surface area (Å²) in [5, 5.41) is 22.0. The number of carbonyl (C=O) groups is 1. The SMILES string of the molecule is CC1=CCCC(OC(=O)c2cc([N+](=O)[O-])cc([N+](=O)[O-])c2)C12CCCC2. The van der Waals surface area contributed by atoms with Gasteiger partial charge in [-0.3, -0.25) is 20.2 Å². The van der Waals surface area contributed by atoms with E-state index in [0.717, 1.165) is 50.3 Å². The lowest BCUT2D eigenvalue weighted by Crippen LogP contribution is -2.39. The molecule has 8 heteroatoms. The van der Waals surface area contributed by atoms with Crippen LogP contribution in [-0.4, -0.2) is 21.9 Å². The molecule has 0 saturated heterocycles. The summed E-state index contributed by atoms with van der Waals surface area (Å²) < 4.78 is 5.73. The standard InChI is InChI=1S/C18H20N2O6/c1-12-5-4-6-16(18(12)7-2-3-8-18)26-17(21)13-9-14(19(22)23)11-15(10-13)20(24)25/h5,9-11,16H,2-4,6-8H2,1H3. The molecule has 1 saturated carbocycles. The van der Waals surface area contributed by atoms with Crippen LogP contribution < -0.4 is 0 Å². The monoisotopic (exact) mass is 360 g/mol. The minimum absolute atomic E-state index is 0.161. The lowest BCUT2D eigenvalue weighted by Gasteiger charge is -2.41. The first kappa shape index (κ1) is 18.0. The molecule has 2 aliphatic rings. The highest BCUT2D eigenvalue weighted by Gasteiger charge is 2.46. The normalized spacial score (nSPS) is 21.3. The Morgan fingerprint density at radius 2 is 1.69 bits per heavy atom. The average Bonchev–Trinajstić information content (AvgIpc) is 3.09. The molecule has 26 heavy (non-hydrogen) atoms. The summed E-state index contributed by atoms with van der Waals surface area (Å²) in [6.07, 6.45) is 7.42. The number of nitro groups is 2. The number of esters is 1. The van der Waals surface area contributed by atoms with E-state index in [9.17, 15) is 25.0 Å². The van der Waals surface area contributed by atoms with E-state index >= 15 is 0 Å². The molecule has 1 spiro atoms. The first-order chi connectivity index (χ1) is 12.3. The zero-order valence-corrected chi connectivity index (χ0v) is 14.5. The Kier molecular flexibility index (Phi) is 4.76. The van der Waals surface area contributed by atoms with Gasteiger partial charge < -0.3 is 4.74 Å². The molecule has 1 fully saturated rings. The van der Waals surface area contributed by atoms with Gasteiger partial charge >= 0.3 is 5.97 Å². The van der Waals surface area contributed by atoms with Crippen LogP contribution in [0.4, 0.5) is 11.4 Å². The lowest BCUT2D eigenvalue weighted by molar-refractivity contribution is -0.394. The Morgan fingerprint density at radius 1 is 1.12 bits per heavy atom. The van der Waals surface area contributed by atoms with E-state index in [2.05, 4.69) is 13.0 Å². The molecule has 0 N–H and O–H groups in total. The predicted octanol–water partition coefficient (Wildman–Crippen LogP) is 4.33.